The molecule has 5 heteroatoms. The molecule has 2 aromatic rings. The first-order chi connectivity index (χ1) is 9.78. The zero-order chi connectivity index (χ0) is 14.4. The van der Waals surface area contributed by atoms with Gasteiger partial charge in [-0.05, 0) is 24.1 Å². The number of ether oxygens (including phenoxy) is 1. The van der Waals surface area contributed by atoms with Crippen molar-refractivity contribution in [1.29, 1.82) is 5.26 Å². The molecular weight excluding hydrogens is 252 g/mol. The van der Waals surface area contributed by atoms with Crippen molar-refractivity contribution in [2.24, 2.45) is 0 Å². The van der Waals surface area contributed by atoms with Crippen LogP contribution in [0.25, 0.3) is 0 Å². The van der Waals surface area contributed by atoms with Gasteiger partial charge in [0, 0.05) is 7.05 Å². The van der Waals surface area contributed by atoms with Crippen LogP contribution in [0, 0.1) is 11.3 Å². The standard InChI is InChI=1S/C15H16N4O/c1-3-13-14(17-2)18-10-19-15(13)20-12-6-4-11(5-7-12)8-9-16/h4-7,10H,3,8H2,1-2H3,(H,17,18,19). The van der Waals surface area contributed by atoms with Gasteiger partial charge in [0.25, 0.3) is 0 Å². The Morgan fingerprint density at radius 1 is 1.25 bits per heavy atom. The van der Waals surface area contributed by atoms with Gasteiger partial charge in [0.05, 0.1) is 18.1 Å². The largest absolute Gasteiger partial charge is 0.439 e. The predicted octanol–water partition coefficient (Wildman–Crippen LogP) is 2.94. The van der Waals surface area contributed by atoms with Crippen LogP contribution in [0.1, 0.15) is 18.1 Å². The SMILES string of the molecule is CCc1c(NC)ncnc1Oc1ccc(CC#N)cc1. The van der Waals surface area contributed by atoms with E-state index in [0.717, 1.165) is 23.4 Å². The second kappa shape index (κ2) is 6.53. The average molecular weight is 268 g/mol. The molecule has 5 nitrogen and oxygen atoms in total. The number of hydrogen-bond acceptors (Lipinski definition) is 5. The molecule has 0 saturated carbocycles. The highest BCUT2D eigenvalue weighted by molar-refractivity contribution is 5.49. The van der Waals surface area contributed by atoms with Crippen molar-refractivity contribution in [1.82, 2.24) is 9.97 Å². The van der Waals surface area contributed by atoms with Crippen molar-refractivity contribution in [3.63, 3.8) is 0 Å². The van der Waals surface area contributed by atoms with Crippen LogP contribution in [-0.2, 0) is 12.8 Å². The fourth-order valence-electron chi connectivity index (χ4n) is 1.90. The van der Waals surface area contributed by atoms with Gasteiger partial charge in [0.15, 0.2) is 0 Å². The number of nitriles is 1. The Hall–Kier alpha value is -2.61. The summed E-state index contributed by atoms with van der Waals surface area (Å²) >= 11 is 0. The van der Waals surface area contributed by atoms with E-state index < -0.39 is 0 Å². The highest BCUT2D eigenvalue weighted by Gasteiger charge is 2.10. The fraction of sp³-hybridized carbons (Fsp3) is 0.267. The molecule has 0 fully saturated rings. The monoisotopic (exact) mass is 268 g/mol. The normalized spacial score (nSPS) is 9.85. The van der Waals surface area contributed by atoms with Crippen molar-refractivity contribution in [2.75, 3.05) is 12.4 Å². The quantitative estimate of drug-likeness (QED) is 0.902. The lowest BCUT2D eigenvalue weighted by Gasteiger charge is -2.11. The van der Waals surface area contributed by atoms with Crippen LogP contribution in [0.4, 0.5) is 5.82 Å². The molecule has 0 radical (unpaired) electrons. The molecule has 0 aliphatic rings. The topological polar surface area (TPSA) is 70.8 Å². The maximum absolute atomic E-state index is 8.65. The van der Waals surface area contributed by atoms with Gasteiger partial charge >= 0.3 is 0 Å². The molecule has 0 bridgehead atoms. The molecule has 0 amide bonds. The number of rotatable bonds is 5. The van der Waals surface area contributed by atoms with E-state index >= 15 is 0 Å². The van der Waals surface area contributed by atoms with Crippen molar-refractivity contribution < 1.29 is 4.74 Å². The van der Waals surface area contributed by atoms with Crippen molar-refractivity contribution in [3.8, 4) is 17.7 Å². The molecule has 1 aromatic heterocycles. The predicted molar refractivity (Wildman–Crippen MR) is 76.8 cm³/mol. The molecule has 20 heavy (non-hydrogen) atoms. The molecule has 1 N–H and O–H groups in total. The average Bonchev–Trinajstić information content (AvgIpc) is 2.49. The highest BCUT2D eigenvalue weighted by Crippen LogP contribution is 2.27. The third kappa shape index (κ3) is 3.04. The van der Waals surface area contributed by atoms with Gasteiger partial charge in [-0.25, -0.2) is 9.97 Å². The van der Waals surface area contributed by atoms with Crippen LogP contribution in [0.15, 0.2) is 30.6 Å². The lowest BCUT2D eigenvalue weighted by atomic mass is 10.1. The smallest absolute Gasteiger partial charge is 0.227 e. The zero-order valence-electron chi connectivity index (χ0n) is 11.6. The molecular formula is C15H16N4O. The lowest BCUT2D eigenvalue weighted by Crippen LogP contribution is -2.02. The van der Waals surface area contributed by atoms with Gasteiger partial charge in [-0.2, -0.15) is 5.26 Å². The van der Waals surface area contributed by atoms with E-state index in [4.69, 9.17) is 10.00 Å². The van der Waals surface area contributed by atoms with Gasteiger partial charge in [0.1, 0.15) is 17.9 Å². The number of benzene rings is 1. The van der Waals surface area contributed by atoms with E-state index in [-0.39, 0.29) is 0 Å². The van der Waals surface area contributed by atoms with Gasteiger partial charge in [-0.15, -0.1) is 0 Å². The molecule has 2 rings (SSSR count). The van der Waals surface area contributed by atoms with Crippen LogP contribution >= 0.6 is 0 Å². The maximum atomic E-state index is 8.65. The number of anilines is 1. The van der Waals surface area contributed by atoms with Gasteiger partial charge in [-0.1, -0.05) is 19.1 Å². The first kappa shape index (κ1) is 13.8. The summed E-state index contributed by atoms with van der Waals surface area (Å²) < 4.78 is 5.80. The van der Waals surface area contributed by atoms with E-state index in [9.17, 15) is 0 Å². The summed E-state index contributed by atoms with van der Waals surface area (Å²) in [5, 5.41) is 11.7. The second-order valence-corrected chi connectivity index (χ2v) is 4.19. The van der Waals surface area contributed by atoms with Crippen LogP contribution < -0.4 is 10.1 Å². The number of nitrogens with one attached hydrogen (secondary N) is 1. The Balaban J connectivity index is 2.23. The van der Waals surface area contributed by atoms with Crippen LogP contribution in [0.5, 0.6) is 11.6 Å². The zero-order valence-corrected chi connectivity index (χ0v) is 11.6. The highest BCUT2D eigenvalue weighted by atomic mass is 16.5. The Kier molecular flexibility index (Phi) is 4.51. The molecule has 0 atom stereocenters. The van der Waals surface area contributed by atoms with E-state index in [0.29, 0.717) is 18.1 Å². The molecule has 0 unspecified atom stereocenters. The van der Waals surface area contributed by atoms with Crippen LogP contribution in [-0.4, -0.2) is 17.0 Å². The molecule has 1 heterocycles. The summed E-state index contributed by atoms with van der Waals surface area (Å²) in [5.41, 5.74) is 1.91. The Morgan fingerprint density at radius 3 is 2.60 bits per heavy atom. The van der Waals surface area contributed by atoms with E-state index in [1.165, 1.54) is 6.33 Å². The summed E-state index contributed by atoms with van der Waals surface area (Å²) in [4.78, 5) is 8.36. The molecule has 0 aliphatic heterocycles. The van der Waals surface area contributed by atoms with Crippen molar-refractivity contribution in [3.05, 3.63) is 41.7 Å². The van der Waals surface area contributed by atoms with Crippen LogP contribution in [0.3, 0.4) is 0 Å². The minimum Gasteiger partial charge on any atom is -0.439 e. The Labute approximate surface area is 118 Å². The molecule has 0 spiro atoms. The summed E-state index contributed by atoms with van der Waals surface area (Å²) in [6.45, 7) is 2.03. The molecule has 102 valence electrons. The molecule has 0 saturated heterocycles. The van der Waals surface area contributed by atoms with Gasteiger partial charge in [0.2, 0.25) is 5.88 Å². The summed E-state index contributed by atoms with van der Waals surface area (Å²) in [5.74, 6) is 2.03. The third-order valence-electron chi connectivity index (χ3n) is 2.92. The van der Waals surface area contributed by atoms with E-state index in [2.05, 4.69) is 21.4 Å². The molecule has 0 aliphatic carbocycles. The summed E-state index contributed by atoms with van der Waals surface area (Å²) in [7, 11) is 1.82. The first-order valence-electron chi connectivity index (χ1n) is 6.43. The van der Waals surface area contributed by atoms with Crippen LogP contribution in [0.2, 0.25) is 0 Å². The third-order valence-corrected chi connectivity index (χ3v) is 2.92. The van der Waals surface area contributed by atoms with Crippen molar-refractivity contribution >= 4 is 5.82 Å². The maximum Gasteiger partial charge on any atom is 0.227 e. The number of hydrogen-bond donors (Lipinski definition) is 1. The summed E-state index contributed by atoms with van der Waals surface area (Å²) in [6, 6.07) is 9.56. The summed E-state index contributed by atoms with van der Waals surface area (Å²) in [6.07, 6.45) is 2.65. The Morgan fingerprint density at radius 2 is 2.00 bits per heavy atom. The van der Waals surface area contributed by atoms with Gasteiger partial charge in [-0.3, -0.25) is 0 Å². The van der Waals surface area contributed by atoms with E-state index in [1.807, 2.05) is 38.2 Å². The first-order valence-corrected chi connectivity index (χ1v) is 6.43. The minimum atomic E-state index is 0.401. The lowest BCUT2D eigenvalue weighted by molar-refractivity contribution is 0.455. The second-order valence-electron chi connectivity index (χ2n) is 4.19. The van der Waals surface area contributed by atoms with Gasteiger partial charge < -0.3 is 10.1 Å². The molecule has 1 aromatic carbocycles. The Bertz CT molecular complexity index is 617. The number of aromatic nitrogens is 2. The fourth-order valence-corrected chi connectivity index (χ4v) is 1.90. The number of nitrogens with zero attached hydrogens (tertiary/aromatic N) is 3. The van der Waals surface area contributed by atoms with E-state index in [1.54, 1.807) is 0 Å². The minimum absolute atomic E-state index is 0.401. The van der Waals surface area contributed by atoms with Crippen molar-refractivity contribution in [2.45, 2.75) is 19.8 Å².